The number of nitrogens with one attached hydrogen (secondary N) is 2. The van der Waals surface area contributed by atoms with Crippen molar-refractivity contribution in [1.29, 1.82) is 0 Å². The summed E-state index contributed by atoms with van der Waals surface area (Å²) in [5.41, 5.74) is 2.97. The zero-order chi connectivity index (χ0) is 21.2. The lowest BCUT2D eigenvalue weighted by Crippen LogP contribution is -2.55. The second-order valence-electron chi connectivity index (χ2n) is 9.37. The molecule has 2 aromatic carbocycles. The minimum absolute atomic E-state index is 0.00659. The smallest absolute Gasteiger partial charge is 0.272 e. The Morgan fingerprint density at radius 2 is 1.87 bits per heavy atom. The Kier molecular flexibility index (Phi) is 3.88. The lowest BCUT2D eigenvalue weighted by molar-refractivity contribution is -0.0196. The molecule has 2 heterocycles. The van der Waals surface area contributed by atoms with E-state index in [2.05, 4.69) is 21.6 Å². The molecule has 1 amide bonds. The minimum atomic E-state index is -0.131. The fourth-order valence-corrected chi connectivity index (χ4v) is 5.72. The molecule has 2 aliphatic carbocycles. The molecule has 31 heavy (non-hydrogen) atoms. The lowest BCUT2D eigenvalue weighted by Gasteiger charge is -2.57. The van der Waals surface area contributed by atoms with Crippen molar-refractivity contribution in [2.75, 3.05) is 0 Å². The normalized spacial score (nSPS) is 24.8. The van der Waals surface area contributed by atoms with E-state index in [1.54, 1.807) is 0 Å². The number of hydrogen-bond donors (Lipinski definition) is 2. The van der Waals surface area contributed by atoms with Gasteiger partial charge >= 0.3 is 0 Å². The van der Waals surface area contributed by atoms with Crippen molar-refractivity contribution in [2.45, 2.75) is 37.6 Å². The van der Waals surface area contributed by atoms with Crippen molar-refractivity contribution in [3.63, 3.8) is 0 Å². The number of rotatable bonds is 3. The Labute approximate surface area is 179 Å². The summed E-state index contributed by atoms with van der Waals surface area (Å²) in [6.07, 6.45) is 6.18. The third-order valence-corrected chi connectivity index (χ3v) is 7.32. The van der Waals surface area contributed by atoms with Crippen molar-refractivity contribution >= 4 is 27.6 Å². The molecular weight excluding hydrogens is 388 g/mol. The topological polar surface area (TPSA) is 79.8 Å². The van der Waals surface area contributed by atoms with Crippen molar-refractivity contribution in [1.82, 2.24) is 20.1 Å². The van der Waals surface area contributed by atoms with Gasteiger partial charge < -0.3 is 9.88 Å². The summed E-state index contributed by atoms with van der Waals surface area (Å²) in [4.78, 5) is 24.8. The van der Waals surface area contributed by atoms with E-state index < -0.39 is 0 Å². The van der Waals surface area contributed by atoms with E-state index in [4.69, 9.17) is 0 Å². The molecule has 0 bridgehead atoms. The molecule has 4 aromatic rings. The van der Waals surface area contributed by atoms with Crippen LogP contribution in [0.4, 0.5) is 0 Å². The van der Waals surface area contributed by atoms with Crippen LogP contribution in [0.15, 0.2) is 59.5 Å². The van der Waals surface area contributed by atoms with Gasteiger partial charge in [0.05, 0.1) is 11.1 Å². The molecule has 0 unspecified atom stereocenters. The van der Waals surface area contributed by atoms with Crippen LogP contribution in [0.25, 0.3) is 21.7 Å². The zero-order valence-electron chi connectivity index (χ0n) is 17.4. The van der Waals surface area contributed by atoms with E-state index in [1.165, 1.54) is 0 Å². The van der Waals surface area contributed by atoms with Crippen LogP contribution >= 0.6 is 0 Å². The molecule has 2 fully saturated rings. The number of fused-ring (bicyclic) bond motifs is 2. The first-order valence-electron chi connectivity index (χ1n) is 10.8. The number of aromatic amines is 1. The molecule has 2 N–H and O–H groups in total. The molecule has 0 atom stereocenters. The number of benzene rings is 2. The van der Waals surface area contributed by atoms with Crippen molar-refractivity contribution in [3.05, 3.63) is 76.3 Å². The number of nitrogens with zero attached hydrogens (tertiary/aromatic N) is 2. The molecule has 0 aliphatic heterocycles. The largest absolute Gasteiger partial charge is 0.351 e. The van der Waals surface area contributed by atoms with Crippen LogP contribution < -0.4 is 10.9 Å². The van der Waals surface area contributed by atoms with Crippen LogP contribution in [0.1, 0.15) is 47.7 Å². The quantitative estimate of drug-likeness (QED) is 0.536. The van der Waals surface area contributed by atoms with Crippen molar-refractivity contribution < 1.29 is 4.79 Å². The van der Waals surface area contributed by atoms with Gasteiger partial charge in [-0.3, -0.25) is 9.59 Å². The summed E-state index contributed by atoms with van der Waals surface area (Å²) in [6, 6.07) is 15.9. The fraction of sp³-hybridized carbons (Fsp3) is 0.320. The summed E-state index contributed by atoms with van der Waals surface area (Å²) < 4.78 is 2.04. The predicted octanol–water partition coefficient (Wildman–Crippen LogP) is 3.87. The maximum atomic E-state index is 12.7. The molecule has 156 valence electrons. The SMILES string of the molecule is Cn1ccc2ccc(C(=O)NC3CC4(C3)CC(c3n[nH]c(=O)c5ccccc35)C4)cc21. The third kappa shape index (κ3) is 2.89. The van der Waals surface area contributed by atoms with Gasteiger partial charge in [-0.15, -0.1) is 0 Å². The Bertz CT molecular complexity index is 1390. The van der Waals surface area contributed by atoms with Gasteiger partial charge in [0.25, 0.3) is 11.5 Å². The molecule has 2 aliphatic rings. The van der Waals surface area contributed by atoms with E-state index in [-0.39, 0.29) is 17.5 Å². The third-order valence-electron chi connectivity index (χ3n) is 7.32. The van der Waals surface area contributed by atoms with Crippen molar-refractivity contribution in [3.8, 4) is 0 Å². The Morgan fingerprint density at radius 3 is 2.68 bits per heavy atom. The van der Waals surface area contributed by atoms with Crippen LogP contribution in [-0.2, 0) is 7.05 Å². The number of H-pyrrole nitrogens is 1. The van der Waals surface area contributed by atoms with Gasteiger partial charge in [-0.25, -0.2) is 5.10 Å². The monoisotopic (exact) mass is 412 g/mol. The molecule has 2 saturated carbocycles. The standard InChI is InChI=1S/C25H24N4O2/c1-29-9-8-15-6-7-16(10-21(15)29)23(30)26-18-13-25(14-18)11-17(12-25)22-19-4-2-3-5-20(19)24(31)28-27-22/h2-10,17-18H,11-14H2,1H3,(H,26,30)(H,28,31). The van der Waals surface area contributed by atoms with Crippen LogP contribution in [0.5, 0.6) is 0 Å². The Morgan fingerprint density at radius 1 is 1.10 bits per heavy atom. The zero-order valence-corrected chi connectivity index (χ0v) is 17.4. The maximum absolute atomic E-state index is 12.7. The summed E-state index contributed by atoms with van der Waals surface area (Å²) >= 11 is 0. The van der Waals surface area contributed by atoms with E-state index in [0.717, 1.165) is 47.7 Å². The minimum Gasteiger partial charge on any atom is -0.351 e. The fourth-order valence-electron chi connectivity index (χ4n) is 5.72. The molecule has 2 aromatic heterocycles. The first kappa shape index (κ1) is 18.4. The number of aromatic nitrogens is 3. The maximum Gasteiger partial charge on any atom is 0.272 e. The summed E-state index contributed by atoms with van der Waals surface area (Å²) in [5, 5.41) is 13.1. The van der Waals surface area contributed by atoms with Gasteiger partial charge in [-0.05, 0) is 60.7 Å². The Balaban J connectivity index is 1.11. The highest BCUT2D eigenvalue weighted by molar-refractivity contribution is 5.98. The van der Waals surface area contributed by atoms with Crippen LogP contribution in [-0.4, -0.2) is 26.7 Å². The van der Waals surface area contributed by atoms with E-state index in [0.29, 0.717) is 22.3 Å². The van der Waals surface area contributed by atoms with Crippen molar-refractivity contribution in [2.24, 2.45) is 12.5 Å². The first-order valence-corrected chi connectivity index (χ1v) is 10.8. The van der Waals surface area contributed by atoms with Gasteiger partial charge in [0.15, 0.2) is 0 Å². The number of aryl methyl sites for hydroxylation is 1. The molecule has 6 nitrogen and oxygen atoms in total. The number of hydrogen-bond acceptors (Lipinski definition) is 3. The second-order valence-corrected chi connectivity index (χ2v) is 9.37. The summed E-state index contributed by atoms with van der Waals surface area (Å²) in [6.45, 7) is 0. The highest BCUT2D eigenvalue weighted by atomic mass is 16.1. The molecule has 1 spiro atoms. The molecule has 6 rings (SSSR count). The van der Waals surface area contributed by atoms with E-state index >= 15 is 0 Å². The molecular formula is C25H24N4O2. The molecule has 6 heteroatoms. The van der Waals surface area contributed by atoms with Gasteiger partial charge in [0, 0.05) is 41.7 Å². The first-order chi connectivity index (χ1) is 15.0. The van der Waals surface area contributed by atoms with Crippen LogP contribution in [0.2, 0.25) is 0 Å². The molecule has 0 radical (unpaired) electrons. The van der Waals surface area contributed by atoms with Gasteiger partial charge in [0.1, 0.15) is 0 Å². The highest BCUT2D eigenvalue weighted by Crippen LogP contribution is 2.62. The van der Waals surface area contributed by atoms with E-state index in [9.17, 15) is 9.59 Å². The number of carbonyl (C=O) groups is 1. The van der Waals surface area contributed by atoms with E-state index in [1.807, 2.05) is 60.3 Å². The average molecular weight is 412 g/mol. The van der Waals surface area contributed by atoms with Gasteiger partial charge in [-0.1, -0.05) is 24.3 Å². The van der Waals surface area contributed by atoms with Crippen LogP contribution in [0.3, 0.4) is 0 Å². The Hall–Kier alpha value is -3.41. The lowest BCUT2D eigenvalue weighted by atomic mass is 9.49. The van der Waals surface area contributed by atoms with Crippen LogP contribution in [0, 0.1) is 5.41 Å². The second kappa shape index (κ2) is 6.54. The van der Waals surface area contributed by atoms with Gasteiger partial charge in [0.2, 0.25) is 0 Å². The van der Waals surface area contributed by atoms with Gasteiger partial charge in [-0.2, -0.15) is 5.10 Å². The summed E-state index contributed by atoms with van der Waals surface area (Å²) in [7, 11) is 1.99. The predicted molar refractivity (Wildman–Crippen MR) is 120 cm³/mol. The number of amides is 1. The average Bonchev–Trinajstić information content (AvgIpc) is 3.10. The number of carbonyl (C=O) groups excluding carboxylic acids is 1. The summed E-state index contributed by atoms with van der Waals surface area (Å²) in [5.74, 6) is 0.380. The molecule has 0 saturated heterocycles. The highest BCUT2D eigenvalue weighted by Gasteiger charge is 2.54.